The van der Waals surface area contributed by atoms with E-state index in [2.05, 4.69) is 10.1 Å². The van der Waals surface area contributed by atoms with Crippen molar-refractivity contribution in [1.82, 2.24) is 14.8 Å². The molecule has 5 nitrogen and oxygen atoms in total. The Bertz CT molecular complexity index is 387. The number of aryl methyl sites for hydroxylation is 2. The number of aliphatic carboxylic acids is 1. The average molecular weight is 223 g/mol. The summed E-state index contributed by atoms with van der Waals surface area (Å²) in [5.41, 5.74) is 0. The Morgan fingerprint density at radius 2 is 2.44 bits per heavy atom. The minimum absolute atomic E-state index is 0.259. The van der Waals surface area contributed by atoms with Crippen LogP contribution in [0.4, 0.5) is 0 Å². The van der Waals surface area contributed by atoms with Gasteiger partial charge in [-0.3, -0.25) is 4.79 Å². The first-order chi connectivity index (χ1) is 7.69. The van der Waals surface area contributed by atoms with E-state index in [1.807, 2.05) is 11.6 Å². The molecule has 16 heavy (non-hydrogen) atoms. The van der Waals surface area contributed by atoms with Crippen LogP contribution in [0, 0.1) is 5.92 Å². The van der Waals surface area contributed by atoms with E-state index >= 15 is 0 Å². The minimum Gasteiger partial charge on any atom is -0.481 e. The van der Waals surface area contributed by atoms with Gasteiger partial charge in [0.05, 0.1) is 0 Å². The lowest BCUT2D eigenvalue weighted by atomic mass is 9.95. The van der Waals surface area contributed by atoms with E-state index in [1.54, 1.807) is 0 Å². The van der Waals surface area contributed by atoms with Crippen LogP contribution in [-0.4, -0.2) is 25.8 Å². The molecule has 1 atom stereocenters. The van der Waals surface area contributed by atoms with Gasteiger partial charge >= 0.3 is 5.97 Å². The number of fused-ring (bicyclic) bond motifs is 1. The van der Waals surface area contributed by atoms with Crippen LogP contribution in [0.2, 0.25) is 0 Å². The monoisotopic (exact) mass is 223 g/mol. The van der Waals surface area contributed by atoms with Crippen molar-refractivity contribution in [2.24, 2.45) is 5.92 Å². The second-order valence-corrected chi connectivity index (χ2v) is 4.32. The first-order valence-electron chi connectivity index (χ1n) is 5.83. The van der Waals surface area contributed by atoms with Gasteiger partial charge in [-0.25, -0.2) is 9.67 Å². The molecule has 1 aromatic rings. The number of rotatable bonds is 4. The minimum atomic E-state index is -0.710. The number of aromatic nitrogens is 3. The highest BCUT2D eigenvalue weighted by atomic mass is 16.4. The van der Waals surface area contributed by atoms with Crippen LogP contribution in [-0.2, 0) is 24.2 Å². The van der Waals surface area contributed by atoms with Crippen molar-refractivity contribution in [1.29, 1.82) is 0 Å². The van der Waals surface area contributed by atoms with Crippen molar-refractivity contribution in [3.05, 3.63) is 11.6 Å². The predicted molar refractivity (Wildman–Crippen MR) is 58.1 cm³/mol. The van der Waals surface area contributed by atoms with Crippen LogP contribution < -0.4 is 0 Å². The van der Waals surface area contributed by atoms with Gasteiger partial charge in [0.2, 0.25) is 0 Å². The quantitative estimate of drug-likeness (QED) is 0.834. The summed E-state index contributed by atoms with van der Waals surface area (Å²) in [6.45, 7) is 2.87. The molecule has 1 aliphatic heterocycles. The molecule has 0 aromatic carbocycles. The molecule has 0 aliphatic carbocycles. The van der Waals surface area contributed by atoms with Crippen LogP contribution in [0.5, 0.6) is 0 Å². The zero-order chi connectivity index (χ0) is 11.5. The number of nitrogens with zero attached hydrogens (tertiary/aromatic N) is 3. The van der Waals surface area contributed by atoms with E-state index in [9.17, 15) is 4.79 Å². The Morgan fingerprint density at radius 1 is 1.62 bits per heavy atom. The molecule has 2 heterocycles. The Labute approximate surface area is 94.5 Å². The predicted octanol–water partition coefficient (Wildman–Crippen LogP) is 1.27. The summed E-state index contributed by atoms with van der Waals surface area (Å²) in [7, 11) is 0. The zero-order valence-corrected chi connectivity index (χ0v) is 9.52. The lowest BCUT2D eigenvalue weighted by Gasteiger charge is -2.21. The standard InChI is InChI=1S/C11H17N3O2/c1-2-9-12-10-5-3-8(4-6-11(15)16)7-14(10)13-9/h8H,2-7H2,1H3,(H,15,16). The zero-order valence-electron chi connectivity index (χ0n) is 9.52. The normalized spacial score (nSPS) is 19.4. The molecule has 0 fully saturated rings. The Morgan fingerprint density at radius 3 is 3.12 bits per heavy atom. The molecule has 1 aromatic heterocycles. The van der Waals surface area contributed by atoms with Gasteiger partial charge in [-0.1, -0.05) is 6.92 Å². The van der Waals surface area contributed by atoms with Gasteiger partial charge < -0.3 is 5.11 Å². The summed E-state index contributed by atoms with van der Waals surface area (Å²) >= 11 is 0. The number of carbonyl (C=O) groups is 1. The first kappa shape index (κ1) is 11.1. The van der Waals surface area contributed by atoms with E-state index in [1.165, 1.54) is 0 Å². The van der Waals surface area contributed by atoms with Gasteiger partial charge in [-0.2, -0.15) is 5.10 Å². The molecule has 1 aliphatic rings. The molecule has 0 bridgehead atoms. The second kappa shape index (κ2) is 4.63. The van der Waals surface area contributed by atoms with Crippen LogP contribution >= 0.6 is 0 Å². The number of carboxylic acid groups (broad SMARTS) is 1. The highest BCUT2D eigenvalue weighted by Gasteiger charge is 2.21. The molecule has 1 unspecified atom stereocenters. The largest absolute Gasteiger partial charge is 0.481 e. The highest BCUT2D eigenvalue weighted by Crippen LogP contribution is 2.22. The topological polar surface area (TPSA) is 68.0 Å². The van der Waals surface area contributed by atoms with Crippen molar-refractivity contribution in [2.45, 2.75) is 45.6 Å². The summed E-state index contributed by atoms with van der Waals surface area (Å²) < 4.78 is 1.95. The number of carboxylic acids is 1. The Kier molecular flexibility index (Phi) is 3.22. The fourth-order valence-electron chi connectivity index (χ4n) is 2.14. The number of hydrogen-bond donors (Lipinski definition) is 1. The third kappa shape index (κ3) is 2.40. The lowest BCUT2D eigenvalue weighted by molar-refractivity contribution is -0.137. The maximum atomic E-state index is 10.5. The first-order valence-corrected chi connectivity index (χ1v) is 5.83. The molecule has 0 saturated heterocycles. The van der Waals surface area contributed by atoms with Crippen molar-refractivity contribution in [3.8, 4) is 0 Å². The molecule has 0 amide bonds. The Hall–Kier alpha value is -1.39. The summed E-state index contributed by atoms with van der Waals surface area (Å²) in [4.78, 5) is 14.9. The molecule has 2 rings (SSSR count). The molecule has 88 valence electrons. The molecule has 0 radical (unpaired) electrons. The molecular formula is C11H17N3O2. The van der Waals surface area contributed by atoms with Gasteiger partial charge in [0.1, 0.15) is 5.82 Å². The third-order valence-corrected chi connectivity index (χ3v) is 3.08. The summed E-state index contributed by atoms with van der Waals surface area (Å²) in [6, 6.07) is 0. The van der Waals surface area contributed by atoms with Crippen LogP contribution in [0.15, 0.2) is 0 Å². The third-order valence-electron chi connectivity index (χ3n) is 3.08. The van der Waals surface area contributed by atoms with Gasteiger partial charge in [0.25, 0.3) is 0 Å². The average Bonchev–Trinajstić information content (AvgIpc) is 2.68. The van der Waals surface area contributed by atoms with Crippen molar-refractivity contribution in [2.75, 3.05) is 0 Å². The summed E-state index contributed by atoms with van der Waals surface area (Å²) in [5, 5.41) is 13.1. The van der Waals surface area contributed by atoms with Gasteiger partial charge in [-0.05, 0) is 18.8 Å². The highest BCUT2D eigenvalue weighted by molar-refractivity contribution is 5.66. The van der Waals surface area contributed by atoms with Crippen LogP contribution in [0.1, 0.15) is 37.8 Å². The van der Waals surface area contributed by atoms with Gasteiger partial charge in [-0.15, -0.1) is 0 Å². The van der Waals surface area contributed by atoms with Crippen molar-refractivity contribution < 1.29 is 9.90 Å². The van der Waals surface area contributed by atoms with E-state index in [4.69, 9.17) is 5.11 Å². The van der Waals surface area contributed by atoms with Crippen molar-refractivity contribution in [3.63, 3.8) is 0 Å². The van der Waals surface area contributed by atoms with E-state index in [0.29, 0.717) is 5.92 Å². The molecule has 5 heteroatoms. The second-order valence-electron chi connectivity index (χ2n) is 4.32. The fraction of sp³-hybridized carbons (Fsp3) is 0.727. The fourth-order valence-corrected chi connectivity index (χ4v) is 2.14. The summed E-state index contributed by atoms with van der Waals surface area (Å²) in [6.07, 6.45) is 3.83. The van der Waals surface area contributed by atoms with Crippen molar-refractivity contribution >= 4 is 5.97 Å². The van der Waals surface area contributed by atoms with Gasteiger partial charge in [0, 0.05) is 25.8 Å². The number of hydrogen-bond acceptors (Lipinski definition) is 3. The van der Waals surface area contributed by atoms with Gasteiger partial charge in [0.15, 0.2) is 5.82 Å². The Balaban J connectivity index is 1.97. The molecule has 0 saturated carbocycles. The maximum Gasteiger partial charge on any atom is 0.303 e. The van der Waals surface area contributed by atoms with Crippen LogP contribution in [0.25, 0.3) is 0 Å². The smallest absolute Gasteiger partial charge is 0.303 e. The van der Waals surface area contributed by atoms with E-state index < -0.39 is 5.97 Å². The molecular weight excluding hydrogens is 206 g/mol. The molecule has 1 N–H and O–H groups in total. The maximum absolute atomic E-state index is 10.5. The SMILES string of the molecule is CCc1nc2n(n1)CC(CCC(=O)O)CC2. The molecule has 0 spiro atoms. The van der Waals surface area contributed by atoms with Crippen LogP contribution in [0.3, 0.4) is 0 Å². The summed E-state index contributed by atoms with van der Waals surface area (Å²) in [5.74, 6) is 1.69. The van der Waals surface area contributed by atoms with E-state index in [-0.39, 0.29) is 6.42 Å². The lowest BCUT2D eigenvalue weighted by Crippen LogP contribution is -2.22. The van der Waals surface area contributed by atoms with E-state index in [0.717, 1.165) is 43.9 Å².